The summed E-state index contributed by atoms with van der Waals surface area (Å²) < 4.78 is 4.90. The van der Waals surface area contributed by atoms with E-state index in [1.165, 1.54) is 23.4 Å². The fourth-order valence-corrected chi connectivity index (χ4v) is 2.56. The Hall–Kier alpha value is -1.83. The predicted molar refractivity (Wildman–Crippen MR) is 71.3 cm³/mol. The molecule has 0 heterocycles. The lowest BCUT2D eigenvalue weighted by atomic mass is 9.95. The van der Waals surface area contributed by atoms with Crippen molar-refractivity contribution in [3.63, 3.8) is 0 Å². The fourth-order valence-electron chi connectivity index (χ4n) is 2.56. The predicted octanol–water partition coefficient (Wildman–Crippen LogP) is 3.34. The molecule has 2 aromatic rings. The van der Waals surface area contributed by atoms with Gasteiger partial charge in [-0.3, -0.25) is 4.79 Å². The minimum Gasteiger partial charge on any atom is -0.469 e. The van der Waals surface area contributed by atoms with E-state index < -0.39 is 0 Å². The van der Waals surface area contributed by atoms with Gasteiger partial charge in [0.2, 0.25) is 0 Å². The van der Waals surface area contributed by atoms with E-state index in [1.54, 1.807) is 0 Å². The normalized spacial score (nSPS) is 16.5. The summed E-state index contributed by atoms with van der Waals surface area (Å²) in [5.74, 6) is -0.0596. The number of carbonyl (C=O) groups excluding carboxylic acids is 1. The van der Waals surface area contributed by atoms with Crippen LogP contribution in [0.3, 0.4) is 0 Å². The van der Waals surface area contributed by atoms with Crippen molar-refractivity contribution in [3.8, 4) is 0 Å². The third-order valence-corrected chi connectivity index (χ3v) is 3.83. The van der Waals surface area contributed by atoms with Crippen molar-refractivity contribution in [2.75, 3.05) is 7.11 Å². The van der Waals surface area contributed by atoms with Gasteiger partial charge in [-0.15, -0.1) is 0 Å². The largest absolute Gasteiger partial charge is 0.469 e. The molecule has 0 amide bonds. The van der Waals surface area contributed by atoms with Gasteiger partial charge in [-0.05, 0) is 35.6 Å². The number of rotatable bonds is 3. The van der Waals surface area contributed by atoms with Gasteiger partial charge in [-0.1, -0.05) is 42.5 Å². The van der Waals surface area contributed by atoms with Crippen LogP contribution in [-0.2, 0) is 16.0 Å². The molecule has 0 unspecified atom stereocenters. The van der Waals surface area contributed by atoms with E-state index in [2.05, 4.69) is 30.3 Å². The van der Waals surface area contributed by atoms with Crippen LogP contribution in [0.15, 0.2) is 42.5 Å². The summed E-state index contributed by atoms with van der Waals surface area (Å²) in [5.41, 5.74) is 0.980. The molecular formula is C16H16O2. The second-order valence-electron chi connectivity index (χ2n) is 5.13. The number of ether oxygens (including phenoxy) is 1. The highest BCUT2D eigenvalue weighted by molar-refractivity contribution is 5.84. The Morgan fingerprint density at radius 1 is 1.17 bits per heavy atom. The molecule has 0 N–H and O–H groups in total. The van der Waals surface area contributed by atoms with Crippen LogP contribution < -0.4 is 0 Å². The summed E-state index contributed by atoms with van der Waals surface area (Å²) in [6.07, 6.45) is 2.70. The highest BCUT2D eigenvalue weighted by Crippen LogP contribution is 2.49. The molecule has 0 aromatic heterocycles. The lowest BCUT2D eigenvalue weighted by Crippen LogP contribution is -2.19. The summed E-state index contributed by atoms with van der Waals surface area (Å²) in [4.78, 5) is 11.7. The second-order valence-corrected chi connectivity index (χ2v) is 5.13. The van der Waals surface area contributed by atoms with Crippen LogP contribution in [0, 0.1) is 5.41 Å². The average Bonchev–Trinajstić information content (AvgIpc) is 3.18. The quantitative estimate of drug-likeness (QED) is 0.769. The van der Waals surface area contributed by atoms with E-state index in [0.717, 1.165) is 19.3 Å². The summed E-state index contributed by atoms with van der Waals surface area (Å²) in [7, 11) is 1.47. The van der Waals surface area contributed by atoms with E-state index in [9.17, 15) is 4.79 Å². The molecule has 0 bridgehead atoms. The third kappa shape index (κ3) is 1.88. The Morgan fingerprint density at radius 3 is 2.56 bits per heavy atom. The van der Waals surface area contributed by atoms with E-state index in [4.69, 9.17) is 4.74 Å². The molecule has 0 spiro atoms. The van der Waals surface area contributed by atoms with Crippen LogP contribution in [-0.4, -0.2) is 13.1 Å². The number of methoxy groups -OCH3 is 1. The number of carbonyl (C=O) groups is 1. The summed E-state index contributed by atoms with van der Waals surface area (Å²) in [6.45, 7) is 0. The van der Waals surface area contributed by atoms with Gasteiger partial charge in [0.25, 0.3) is 0 Å². The van der Waals surface area contributed by atoms with Crippen LogP contribution in [0.2, 0.25) is 0 Å². The lowest BCUT2D eigenvalue weighted by Gasteiger charge is -2.12. The van der Waals surface area contributed by atoms with Crippen molar-refractivity contribution in [1.82, 2.24) is 0 Å². The van der Waals surface area contributed by atoms with Crippen molar-refractivity contribution in [2.24, 2.45) is 5.41 Å². The Labute approximate surface area is 107 Å². The zero-order valence-corrected chi connectivity index (χ0v) is 10.5. The summed E-state index contributed by atoms with van der Waals surface area (Å²) in [5, 5.41) is 2.47. The lowest BCUT2D eigenvalue weighted by molar-refractivity contribution is -0.147. The second kappa shape index (κ2) is 4.13. The first kappa shape index (κ1) is 11.3. The number of fused-ring (bicyclic) bond motifs is 1. The molecule has 0 aliphatic heterocycles. The van der Waals surface area contributed by atoms with Crippen LogP contribution >= 0.6 is 0 Å². The average molecular weight is 240 g/mol. The minimum absolute atomic E-state index is 0.0596. The van der Waals surface area contributed by atoms with E-state index >= 15 is 0 Å². The molecule has 92 valence electrons. The molecule has 2 heteroatoms. The number of hydrogen-bond donors (Lipinski definition) is 0. The van der Waals surface area contributed by atoms with Gasteiger partial charge in [0, 0.05) is 0 Å². The topological polar surface area (TPSA) is 26.3 Å². The zero-order chi connectivity index (χ0) is 12.6. The van der Waals surface area contributed by atoms with Crippen molar-refractivity contribution in [1.29, 1.82) is 0 Å². The van der Waals surface area contributed by atoms with Crippen LogP contribution in [0.5, 0.6) is 0 Å². The van der Waals surface area contributed by atoms with E-state index in [-0.39, 0.29) is 11.4 Å². The smallest absolute Gasteiger partial charge is 0.312 e. The van der Waals surface area contributed by atoms with Gasteiger partial charge in [-0.2, -0.15) is 0 Å². The Balaban J connectivity index is 1.89. The molecule has 0 atom stereocenters. The maximum Gasteiger partial charge on any atom is 0.312 e. The van der Waals surface area contributed by atoms with Gasteiger partial charge in [0.1, 0.15) is 0 Å². The number of benzene rings is 2. The van der Waals surface area contributed by atoms with Crippen molar-refractivity contribution < 1.29 is 9.53 Å². The highest BCUT2D eigenvalue weighted by Gasteiger charge is 2.50. The fraction of sp³-hybridized carbons (Fsp3) is 0.312. The summed E-state index contributed by atoms with van der Waals surface area (Å²) in [6, 6.07) is 14.7. The van der Waals surface area contributed by atoms with E-state index in [1.807, 2.05) is 12.1 Å². The SMILES string of the molecule is COC(=O)C1(Cc2ccc3ccccc3c2)CC1. The number of hydrogen-bond acceptors (Lipinski definition) is 2. The molecule has 0 saturated heterocycles. The molecule has 2 nitrogen and oxygen atoms in total. The molecule has 1 aliphatic carbocycles. The Bertz CT molecular complexity index is 597. The molecule has 18 heavy (non-hydrogen) atoms. The zero-order valence-electron chi connectivity index (χ0n) is 10.5. The molecule has 3 rings (SSSR count). The van der Waals surface area contributed by atoms with Gasteiger partial charge >= 0.3 is 5.97 Å². The first-order valence-electron chi connectivity index (χ1n) is 6.30. The van der Waals surface area contributed by atoms with Gasteiger partial charge in [-0.25, -0.2) is 0 Å². The first-order chi connectivity index (χ1) is 8.73. The highest BCUT2D eigenvalue weighted by atomic mass is 16.5. The van der Waals surface area contributed by atoms with Crippen molar-refractivity contribution in [3.05, 3.63) is 48.0 Å². The Kier molecular flexibility index (Phi) is 2.58. The van der Waals surface area contributed by atoms with Crippen LogP contribution in [0.4, 0.5) is 0 Å². The number of esters is 1. The van der Waals surface area contributed by atoms with Gasteiger partial charge < -0.3 is 4.74 Å². The molecular weight excluding hydrogens is 224 g/mol. The molecule has 1 aliphatic rings. The van der Waals surface area contributed by atoms with Crippen molar-refractivity contribution in [2.45, 2.75) is 19.3 Å². The molecule has 1 saturated carbocycles. The monoisotopic (exact) mass is 240 g/mol. The standard InChI is InChI=1S/C16H16O2/c1-18-15(17)16(8-9-16)11-12-6-7-13-4-2-3-5-14(13)10-12/h2-7,10H,8-9,11H2,1H3. The maximum atomic E-state index is 11.7. The van der Waals surface area contributed by atoms with Crippen molar-refractivity contribution >= 4 is 16.7 Å². The molecule has 0 radical (unpaired) electrons. The minimum atomic E-state index is -0.239. The summed E-state index contributed by atoms with van der Waals surface area (Å²) >= 11 is 0. The van der Waals surface area contributed by atoms with Crippen LogP contribution in [0.1, 0.15) is 18.4 Å². The molecule has 1 fully saturated rings. The van der Waals surface area contributed by atoms with Crippen LogP contribution in [0.25, 0.3) is 10.8 Å². The first-order valence-corrected chi connectivity index (χ1v) is 6.30. The van der Waals surface area contributed by atoms with Gasteiger partial charge in [0.05, 0.1) is 12.5 Å². The Morgan fingerprint density at radius 2 is 1.89 bits per heavy atom. The van der Waals surface area contributed by atoms with Gasteiger partial charge in [0.15, 0.2) is 0 Å². The van der Waals surface area contributed by atoms with E-state index in [0.29, 0.717) is 0 Å². The molecule has 2 aromatic carbocycles. The third-order valence-electron chi connectivity index (χ3n) is 3.83. The maximum absolute atomic E-state index is 11.7.